The number of carbonyl (C=O) groups excluding carboxylic acids is 1. The van der Waals surface area contributed by atoms with E-state index in [1.807, 2.05) is 16.7 Å². The third kappa shape index (κ3) is 7.02. The van der Waals surface area contributed by atoms with Crippen LogP contribution >= 0.6 is 11.8 Å². The van der Waals surface area contributed by atoms with E-state index < -0.39 is 0 Å². The zero-order chi connectivity index (χ0) is 25.4. The molecule has 1 aromatic heterocycles. The number of benzene rings is 2. The quantitative estimate of drug-likeness (QED) is 0.292. The zero-order valence-electron chi connectivity index (χ0n) is 20.8. The van der Waals surface area contributed by atoms with Gasteiger partial charge in [0, 0.05) is 12.6 Å². The van der Waals surface area contributed by atoms with Crippen LogP contribution in [-0.4, -0.2) is 40.6 Å². The third-order valence-electron chi connectivity index (χ3n) is 5.21. The van der Waals surface area contributed by atoms with Crippen molar-refractivity contribution in [3.8, 4) is 17.2 Å². The summed E-state index contributed by atoms with van der Waals surface area (Å²) in [7, 11) is 3.12. The van der Waals surface area contributed by atoms with Crippen molar-refractivity contribution in [3.05, 3.63) is 66.5 Å². The normalized spacial score (nSPS) is 11.1. The van der Waals surface area contributed by atoms with Crippen LogP contribution in [0.1, 0.15) is 32.2 Å². The number of carbonyl (C=O) groups is 1. The van der Waals surface area contributed by atoms with Crippen LogP contribution in [0.3, 0.4) is 0 Å². The highest BCUT2D eigenvalue weighted by molar-refractivity contribution is 7.99. The molecule has 1 N–H and O–H groups in total. The van der Waals surface area contributed by atoms with Crippen LogP contribution in [0, 0.1) is 0 Å². The van der Waals surface area contributed by atoms with Crippen LogP contribution in [0.4, 0.5) is 5.69 Å². The Morgan fingerprint density at radius 1 is 1.09 bits per heavy atom. The van der Waals surface area contributed by atoms with Gasteiger partial charge in [-0.15, -0.1) is 16.8 Å². The van der Waals surface area contributed by atoms with Gasteiger partial charge < -0.3 is 19.5 Å². The number of thioether (sulfide) groups is 1. The van der Waals surface area contributed by atoms with Crippen molar-refractivity contribution in [2.24, 2.45) is 0 Å². The lowest BCUT2D eigenvalue weighted by atomic mass is 9.87. The highest BCUT2D eigenvalue weighted by atomic mass is 32.2. The molecule has 0 radical (unpaired) electrons. The number of allylic oxidation sites excluding steroid dienone is 1. The number of hydrogen-bond acceptors (Lipinski definition) is 7. The molecule has 0 aliphatic rings. The standard InChI is InChI=1S/C26H32N4O4S/c1-7-14-30-23(16-34-19-10-8-18(9-11-19)26(2,3)4)28-29-25(30)35-17-24(31)27-21-13-12-20(32-5)15-22(21)33-6/h7-13,15H,1,14,16-17H2,2-6H3,(H,27,31). The van der Waals surface area contributed by atoms with Crippen LogP contribution in [0.2, 0.25) is 0 Å². The molecule has 0 saturated heterocycles. The molecule has 9 heteroatoms. The average Bonchev–Trinajstić information content (AvgIpc) is 3.23. The van der Waals surface area contributed by atoms with E-state index in [1.54, 1.807) is 38.5 Å². The second-order valence-corrected chi connectivity index (χ2v) is 9.71. The van der Waals surface area contributed by atoms with Crippen molar-refractivity contribution >= 4 is 23.4 Å². The number of nitrogens with one attached hydrogen (secondary N) is 1. The Hall–Kier alpha value is -3.46. The van der Waals surface area contributed by atoms with E-state index in [2.05, 4.69) is 55.0 Å². The highest BCUT2D eigenvalue weighted by Gasteiger charge is 2.16. The molecular formula is C26H32N4O4S. The van der Waals surface area contributed by atoms with Crippen molar-refractivity contribution < 1.29 is 19.0 Å². The van der Waals surface area contributed by atoms with Crippen molar-refractivity contribution in [2.45, 2.75) is 44.5 Å². The Morgan fingerprint density at radius 2 is 1.80 bits per heavy atom. The van der Waals surface area contributed by atoms with Gasteiger partial charge >= 0.3 is 0 Å². The number of hydrogen-bond donors (Lipinski definition) is 1. The van der Waals surface area contributed by atoms with Gasteiger partial charge in [0.15, 0.2) is 11.0 Å². The third-order valence-corrected chi connectivity index (χ3v) is 6.18. The fourth-order valence-corrected chi connectivity index (χ4v) is 4.03. The Balaban J connectivity index is 1.62. The summed E-state index contributed by atoms with van der Waals surface area (Å²) >= 11 is 1.29. The minimum absolute atomic E-state index is 0.0829. The van der Waals surface area contributed by atoms with Crippen molar-refractivity contribution in [2.75, 3.05) is 25.3 Å². The van der Waals surface area contributed by atoms with Gasteiger partial charge in [-0.1, -0.05) is 50.7 Å². The van der Waals surface area contributed by atoms with Gasteiger partial charge in [-0.25, -0.2) is 0 Å². The first kappa shape index (κ1) is 26.2. The largest absolute Gasteiger partial charge is 0.497 e. The Morgan fingerprint density at radius 3 is 2.43 bits per heavy atom. The number of ether oxygens (including phenoxy) is 3. The summed E-state index contributed by atoms with van der Waals surface area (Å²) in [5.41, 5.74) is 1.89. The van der Waals surface area contributed by atoms with E-state index in [1.165, 1.54) is 17.3 Å². The van der Waals surface area contributed by atoms with Gasteiger partial charge in [0.25, 0.3) is 0 Å². The molecule has 0 atom stereocenters. The summed E-state index contributed by atoms with van der Waals surface area (Å²) in [4.78, 5) is 12.6. The van der Waals surface area contributed by atoms with Crippen LogP contribution in [-0.2, 0) is 23.4 Å². The summed E-state index contributed by atoms with van der Waals surface area (Å²) in [6.45, 7) is 11.1. The van der Waals surface area contributed by atoms with Crippen molar-refractivity contribution in [3.63, 3.8) is 0 Å². The first-order valence-electron chi connectivity index (χ1n) is 11.2. The molecule has 2 aromatic carbocycles. The molecule has 8 nitrogen and oxygen atoms in total. The molecule has 0 spiro atoms. The van der Waals surface area contributed by atoms with Crippen LogP contribution in [0.15, 0.2) is 60.3 Å². The lowest BCUT2D eigenvalue weighted by molar-refractivity contribution is -0.113. The van der Waals surface area contributed by atoms with Crippen LogP contribution in [0.5, 0.6) is 17.2 Å². The Bertz CT molecular complexity index is 1150. The number of rotatable bonds is 11. The summed E-state index contributed by atoms with van der Waals surface area (Å²) < 4.78 is 18.4. The van der Waals surface area contributed by atoms with Gasteiger partial charge in [0.05, 0.1) is 25.7 Å². The van der Waals surface area contributed by atoms with E-state index in [0.29, 0.717) is 34.7 Å². The molecule has 1 amide bonds. The van der Waals surface area contributed by atoms with E-state index in [-0.39, 0.29) is 23.7 Å². The van der Waals surface area contributed by atoms with Gasteiger partial charge in [0.2, 0.25) is 5.91 Å². The molecule has 1 heterocycles. The maximum absolute atomic E-state index is 12.6. The minimum Gasteiger partial charge on any atom is -0.497 e. The predicted molar refractivity (Wildman–Crippen MR) is 139 cm³/mol. The fraction of sp³-hybridized carbons (Fsp3) is 0.346. The van der Waals surface area contributed by atoms with E-state index >= 15 is 0 Å². The summed E-state index contributed by atoms with van der Waals surface area (Å²) in [6, 6.07) is 13.3. The molecule has 0 aliphatic heterocycles. The number of anilines is 1. The predicted octanol–water partition coefficient (Wildman–Crippen LogP) is 5.09. The SMILES string of the molecule is C=CCn1c(COc2ccc(C(C)(C)C)cc2)nnc1SCC(=O)Nc1ccc(OC)cc1OC. The second-order valence-electron chi connectivity index (χ2n) is 8.76. The van der Waals surface area contributed by atoms with Crippen molar-refractivity contribution in [1.29, 1.82) is 0 Å². The lowest BCUT2D eigenvalue weighted by Gasteiger charge is -2.19. The first-order chi connectivity index (χ1) is 16.7. The van der Waals surface area contributed by atoms with Gasteiger partial charge in [-0.3, -0.25) is 9.36 Å². The lowest BCUT2D eigenvalue weighted by Crippen LogP contribution is -2.15. The molecule has 3 rings (SSSR count). The smallest absolute Gasteiger partial charge is 0.234 e. The minimum atomic E-state index is -0.191. The first-order valence-corrected chi connectivity index (χ1v) is 12.1. The maximum Gasteiger partial charge on any atom is 0.234 e. The molecular weight excluding hydrogens is 464 g/mol. The number of aromatic nitrogens is 3. The molecule has 0 aliphatic carbocycles. The molecule has 186 valence electrons. The molecule has 0 bridgehead atoms. The number of amides is 1. The monoisotopic (exact) mass is 496 g/mol. The highest BCUT2D eigenvalue weighted by Crippen LogP contribution is 2.29. The van der Waals surface area contributed by atoms with E-state index in [0.717, 1.165) is 5.75 Å². The second kappa shape index (κ2) is 11.8. The summed E-state index contributed by atoms with van der Waals surface area (Å²) in [5, 5.41) is 12.0. The molecule has 3 aromatic rings. The van der Waals surface area contributed by atoms with E-state index in [9.17, 15) is 4.79 Å². The zero-order valence-corrected chi connectivity index (χ0v) is 21.6. The Kier molecular flexibility index (Phi) is 8.81. The number of methoxy groups -OCH3 is 2. The number of nitrogens with zero attached hydrogens (tertiary/aromatic N) is 3. The molecule has 0 fully saturated rings. The fourth-order valence-electron chi connectivity index (χ4n) is 3.26. The van der Waals surface area contributed by atoms with Gasteiger partial charge in [-0.2, -0.15) is 0 Å². The van der Waals surface area contributed by atoms with Crippen LogP contribution in [0.25, 0.3) is 0 Å². The van der Waals surface area contributed by atoms with E-state index in [4.69, 9.17) is 14.2 Å². The average molecular weight is 497 g/mol. The van der Waals surface area contributed by atoms with Gasteiger partial charge in [-0.05, 0) is 35.2 Å². The van der Waals surface area contributed by atoms with Crippen molar-refractivity contribution in [1.82, 2.24) is 14.8 Å². The van der Waals surface area contributed by atoms with Crippen LogP contribution < -0.4 is 19.5 Å². The molecule has 35 heavy (non-hydrogen) atoms. The maximum atomic E-state index is 12.6. The van der Waals surface area contributed by atoms with Gasteiger partial charge in [0.1, 0.15) is 23.9 Å². The molecule has 0 unspecified atom stereocenters. The molecule has 0 saturated carbocycles. The summed E-state index contributed by atoms with van der Waals surface area (Å²) in [5.74, 6) is 2.54. The summed E-state index contributed by atoms with van der Waals surface area (Å²) in [6.07, 6.45) is 1.76. The Labute approximate surface area is 210 Å². The topological polar surface area (TPSA) is 87.5 Å².